The van der Waals surface area contributed by atoms with Gasteiger partial charge in [0.25, 0.3) is 11.8 Å². The number of hydrogen-bond acceptors (Lipinski definition) is 4. The molecule has 4 aromatic rings. The second kappa shape index (κ2) is 11.1. The number of aromatic nitrogens is 2. The molecule has 0 bridgehead atoms. The summed E-state index contributed by atoms with van der Waals surface area (Å²) in [5, 5.41) is 9.99. The molecule has 0 saturated carbocycles. The lowest BCUT2D eigenvalue weighted by Gasteiger charge is -2.29. The SMILES string of the molecule is CN(C)C(=O)c1c[nH]c(CN(CCc2c[nH]c3ccccc23)[C@H]2CCc3cc(/C=C/C(=O)NO)ccc32)c1. The Labute approximate surface area is 221 Å². The van der Waals surface area contributed by atoms with Gasteiger partial charge < -0.3 is 14.9 Å². The molecule has 2 aromatic heterocycles. The van der Waals surface area contributed by atoms with Crippen molar-refractivity contribution in [2.45, 2.75) is 31.8 Å². The van der Waals surface area contributed by atoms with Crippen molar-refractivity contribution < 1.29 is 14.8 Å². The predicted molar refractivity (Wildman–Crippen MR) is 148 cm³/mol. The molecule has 0 radical (unpaired) electrons. The van der Waals surface area contributed by atoms with Crippen molar-refractivity contribution in [2.24, 2.45) is 0 Å². The number of amides is 2. The number of nitrogens with zero attached hydrogens (tertiary/aromatic N) is 2. The summed E-state index contributed by atoms with van der Waals surface area (Å²) >= 11 is 0. The van der Waals surface area contributed by atoms with Gasteiger partial charge in [-0.25, -0.2) is 5.48 Å². The Morgan fingerprint density at radius 2 is 1.95 bits per heavy atom. The fourth-order valence-corrected chi connectivity index (χ4v) is 5.39. The van der Waals surface area contributed by atoms with Crippen LogP contribution >= 0.6 is 0 Å². The van der Waals surface area contributed by atoms with Gasteiger partial charge in [0, 0.05) is 68.3 Å². The van der Waals surface area contributed by atoms with Gasteiger partial charge in [-0.1, -0.05) is 36.4 Å². The van der Waals surface area contributed by atoms with E-state index in [4.69, 9.17) is 5.21 Å². The summed E-state index contributed by atoms with van der Waals surface area (Å²) in [7, 11) is 3.52. The van der Waals surface area contributed by atoms with E-state index in [1.165, 1.54) is 28.2 Å². The third-order valence-electron chi connectivity index (χ3n) is 7.30. The molecule has 2 heterocycles. The smallest absolute Gasteiger partial charge is 0.267 e. The zero-order valence-corrected chi connectivity index (χ0v) is 21.7. The lowest BCUT2D eigenvalue weighted by atomic mass is 10.0. The minimum atomic E-state index is -0.551. The van der Waals surface area contributed by atoms with Crippen LogP contribution in [0, 0.1) is 0 Å². The van der Waals surface area contributed by atoms with Crippen LogP contribution in [-0.4, -0.2) is 57.4 Å². The van der Waals surface area contributed by atoms with Gasteiger partial charge in [0.1, 0.15) is 0 Å². The number of benzene rings is 2. The summed E-state index contributed by atoms with van der Waals surface area (Å²) < 4.78 is 0. The molecule has 1 aliphatic rings. The summed E-state index contributed by atoms with van der Waals surface area (Å²) in [6.45, 7) is 1.56. The van der Waals surface area contributed by atoms with Crippen LogP contribution in [0.3, 0.4) is 0 Å². The molecular formula is C30H33N5O3. The largest absolute Gasteiger partial charge is 0.363 e. The molecule has 2 aromatic carbocycles. The molecule has 0 fully saturated rings. The Balaban J connectivity index is 1.40. The van der Waals surface area contributed by atoms with Crippen molar-refractivity contribution in [1.29, 1.82) is 0 Å². The highest BCUT2D eigenvalue weighted by Crippen LogP contribution is 2.37. The summed E-state index contributed by atoms with van der Waals surface area (Å²) in [5.41, 5.74) is 9.23. The van der Waals surface area contributed by atoms with E-state index >= 15 is 0 Å². The summed E-state index contributed by atoms with van der Waals surface area (Å²) in [6.07, 6.45) is 9.77. The highest BCUT2D eigenvalue weighted by molar-refractivity contribution is 5.94. The molecule has 0 unspecified atom stereocenters. The third kappa shape index (κ3) is 5.41. The van der Waals surface area contributed by atoms with Gasteiger partial charge in [0.05, 0.1) is 5.56 Å². The van der Waals surface area contributed by atoms with Crippen molar-refractivity contribution in [1.82, 2.24) is 25.2 Å². The van der Waals surface area contributed by atoms with Crippen molar-refractivity contribution in [3.8, 4) is 0 Å². The molecule has 4 N–H and O–H groups in total. The Morgan fingerprint density at radius 1 is 1.11 bits per heavy atom. The van der Waals surface area contributed by atoms with Gasteiger partial charge in [0.2, 0.25) is 0 Å². The first-order valence-electron chi connectivity index (χ1n) is 12.9. The Kier molecular flexibility index (Phi) is 7.44. The van der Waals surface area contributed by atoms with Crippen LogP contribution in [0.25, 0.3) is 17.0 Å². The van der Waals surface area contributed by atoms with Gasteiger partial charge in [-0.3, -0.25) is 19.7 Å². The van der Waals surface area contributed by atoms with E-state index in [1.807, 2.05) is 18.2 Å². The zero-order valence-electron chi connectivity index (χ0n) is 21.7. The van der Waals surface area contributed by atoms with E-state index in [9.17, 15) is 9.59 Å². The monoisotopic (exact) mass is 511 g/mol. The average Bonchev–Trinajstić information content (AvgIpc) is 3.67. The summed E-state index contributed by atoms with van der Waals surface area (Å²) in [4.78, 5) is 34.6. The van der Waals surface area contributed by atoms with Gasteiger partial charge >= 0.3 is 0 Å². The van der Waals surface area contributed by atoms with Gasteiger partial charge in [-0.2, -0.15) is 0 Å². The van der Waals surface area contributed by atoms with Crippen molar-refractivity contribution in [2.75, 3.05) is 20.6 Å². The second-order valence-electron chi connectivity index (χ2n) is 10.0. The van der Waals surface area contributed by atoms with E-state index in [1.54, 1.807) is 36.7 Å². The topological polar surface area (TPSA) is 104 Å². The quantitative estimate of drug-likeness (QED) is 0.151. The second-order valence-corrected chi connectivity index (χ2v) is 10.0. The number of nitrogens with one attached hydrogen (secondary N) is 3. The molecule has 1 atom stereocenters. The molecule has 38 heavy (non-hydrogen) atoms. The highest BCUT2D eigenvalue weighted by Gasteiger charge is 2.28. The molecule has 2 amide bonds. The maximum absolute atomic E-state index is 12.5. The van der Waals surface area contributed by atoms with Crippen molar-refractivity contribution >= 4 is 28.8 Å². The molecule has 196 valence electrons. The normalized spacial score (nSPS) is 14.9. The molecule has 8 heteroatoms. The van der Waals surface area contributed by atoms with Crippen LogP contribution in [0.15, 0.2) is 67.0 Å². The number of H-pyrrole nitrogens is 2. The van der Waals surface area contributed by atoms with Crippen molar-refractivity contribution in [3.63, 3.8) is 0 Å². The molecule has 1 aliphatic carbocycles. The van der Waals surface area contributed by atoms with Crippen LogP contribution in [0.5, 0.6) is 0 Å². The fourth-order valence-electron chi connectivity index (χ4n) is 5.39. The van der Waals surface area contributed by atoms with Crippen molar-refractivity contribution in [3.05, 3.63) is 101 Å². The van der Waals surface area contributed by atoms with E-state index in [0.717, 1.165) is 42.6 Å². The number of aromatic amines is 2. The van der Waals surface area contributed by atoms with Crippen LogP contribution in [0.4, 0.5) is 0 Å². The first-order valence-corrected chi connectivity index (χ1v) is 12.9. The maximum atomic E-state index is 12.5. The first-order chi connectivity index (χ1) is 18.4. The number of hydrogen-bond donors (Lipinski definition) is 4. The van der Waals surface area contributed by atoms with Crippen LogP contribution < -0.4 is 5.48 Å². The van der Waals surface area contributed by atoms with Gasteiger partial charge in [-0.15, -0.1) is 0 Å². The molecule has 0 aliphatic heterocycles. The molecule has 5 rings (SSSR count). The number of rotatable bonds is 9. The van der Waals surface area contributed by atoms with E-state index in [2.05, 4.69) is 51.4 Å². The zero-order chi connectivity index (χ0) is 26.6. The van der Waals surface area contributed by atoms with E-state index in [-0.39, 0.29) is 11.9 Å². The number of carbonyl (C=O) groups excluding carboxylic acids is 2. The van der Waals surface area contributed by atoms with E-state index in [0.29, 0.717) is 12.1 Å². The number of para-hydroxylation sites is 1. The van der Waals surface area contributed by atoms with E-state index < -0.39 is 5.91 Å². The molecule has 8 nitrogen and oxygen atoms in total. The first kappa shape index (κ1) is 25.5. The molecule has 0 spiro atoms. The molecule has 0 saturated heterocycles. The average molecular weight is 512 g/mol. The molecular weight excluding hydrogens is 478 g/mol. The number of hydroxylamine groups is 1. The Bertz CT molecular complexity index is 1480. The highest BCUT2D eigenvalue weighted by atomic mass is 16.5. The summed E-state index contributed by atoms with van der Waals surface area (Å²) in [6, 6.07) is 16.9. The third-order valence-corrected chi connectivity index (χ3v) is 7.30. The Morgan fingerprint density at radius 3 is 2.76 bits per heavy atom. The van der Waals surface area contributed by atoms with Crippen LogP contribution in [-0.2, 0) is 24.2 Å². The minimum Gasteiger partial charge on any atom is -0.363 e. The lowest BCUT2D eigenvalue weighted by molar-refractivity contribution is -0.124. The number of carbonyl (C=O) groups is 2. The summed E-state index contributed by atoms with van der Waals surface area (Å²) in [5.74, 6) is -0.565. The van der Waals surface area contributed by atoms with Crippen LogP contribution in [0.2, 0.25) is 0 Å². The predicted octanol–water partition coefficient (Wildman–Crippen LogP) is 4.45. The van der Waals surface area contributed by atoms with Gasteiger partial charge in [-0.05, 0) is 59.7 Å². The lowest BCUT2D eigenvalue weighted by Crippen LogP contribution is -2.29. The number of aryl methyl sites for hydroxylation is 1. The fraction of sp³-hybridized carbons (Fsp3) is 0.267. The maximum Gasteiger partial charge on any atom is 0.267 e. The standard InChI is InChI=1S/C30H33N5O3/c1-34(2)30(37)23-16-24(31-18-23)19-35(14-13-22-17-32-27-6-4-3-5-25(22)27)28-11-9-21-15-20(7-10-26(21)28)8-12-29(36)33-38/h3-8,10,12,15-18,28,31-32,38H,9,11,13-14,19H2,1-2H3,(H,33,36)/b12-8+/t28-/m0/s1. The van der Waals surface area contributed by atoms with Crippen LogP contribution in [0.1, 0.15) is 50.8 Å². The van der Waals surface area contributed by atoms with Gasteiger partial charge in [0.15, 0.2) is 0 Å². The Hall–Kier alpha value is -4.14. The number of fused-ring (bicyclic) bond motifs is 2. The minimum absolute atomic E-state index is 0.0143.